The van der Waals surface area contributed by atoms with Crippen molar-refractivity contribution >= 4 is 5.91 Å². The van der Waals surface area contributed by atoms with E-state index in [0.29, 0.717) is 0 Å². The van der Waals surface area contributed by atoms with Gasteiger partial charge in [-0.15, -0.1) is 0 Å². The van der Waals surface area contributed by atoms with Crippen molar-refractivity contribution in [1.82, 2.24) is 5.32 Å². The Balaban J connectivity index is 3.98. The fourth-order valence-electron chi connectivity index (χ4n) is 1.04. The summed E-state index contributed by atoms with van der Waals surface area (Å²) in [6.07, 6.45) is 3.00. The summed E-state index contributed by atoms with van der Waals surface area (Å²) in [6, 6.07) is 0.111. The highest BCUT2D eigenvalue weighted by Gasteiger charge is 2.14. The van der Waals surface area contributed by atoms with E-state index in [0.717, 1.165) is 12.8 Å². The first kappa shape index (κ1) is 11.2. The molecule has 12 heavy (non-hydrogen) atoms. The van der Waals surface area contributed by atoms with Crippen molar-refractivity contribution in [3.8, 4) is 0 Å². The van der Waals surface area contributed by atoms with E-state index in [9.17, 15) is 4.79 Å². The van der Waals surface area contributed by atoms with Gasteiger partial charge in [0.2, 0.25) is 5.91 Å². The standard InChI is InChI=1S/C9H18N2O/c1-4-7(10)8(5-2)11-9(12)6-3/h6-8H,3-5,10H2,1-2H3,(H,11,12)/t7-,8+/m1/s1. The van der Waals surface area contributed by atoms with Crippen molar-refractivity contribution in [3.63, 3.8) is 0 Å². The second kappa shape index (κ2) is 5.77. The Labute approximate surface area is 74.0 Å². The highest BCUT2D eigenvalue weighted by molar-refractivity contribution is 5.87. The van der Waals surface area contributed by atoms with Crippen molar-refractivity contribution in [3.05, 3.63) is 12.7 Å². The maximum absolute atomic E-state index is 10.9. The number of hydrogen-bond acceptors (Lipinski definition) is 2. The molecule has 0 aliphatic rings. The molecule has 0 unspecified atom stereocenters. The van der Waals surface area contributed by atoms with E-state index < -0.39 is 0 Å². The summed E-state index contributed by atoms with van der Waals surface area (Å²) >= 11 is 0. The molecule has 0 fully saturated rings. The van der Waals surface area contributed by atoms with Crippen LogP contribution in [-0.4, -0.2) is 18.0 Å². The summed E-state index contributed by atoms with van der Waals surface area (Å²) in [7, 11) is 0. The number of carbonyl (C=O) groups is 1. The van der Waals surface area contributed by atoms with Crippen LogP contribution < -0.4 is 11.1 Å². The molecular weight excluding hydrogens is 152 g/mol. The third kappa shape index (κ3) is 3.53. The lowest BCUT2D eigenvalue weighted by Gasteiger charge is -2.21. The van der Waals surface area contributed by atoms with Crippen LogP contribution in [0.1, 0.15) is 26.7 Å². The average Bonchev–Trinajstić information content (AvgIpc) is 2.12. The van der Waals surface area contributed by atoms with Crippen LogP contribution in [0.4, 0.5) is 0 Å². The van der Waals surface area contributed by atoms with Gasteiger partial charge in [-0.2, -0.15) is 0 Å². The van der Waals surface area contributed by atoms with Gasteiger partial charge in [0.25, 0.3) is 0 Å². The summed E-state index contributed by atoms with van der Waals surface area (Å²) < 4.78 is 0. The summed E-state index contributed by atoms with van der Waals surface area (Å²) in [6.45, 7) is 7.39. The molecule has 0 aliphatic heterocycles. The number of carbonyl (C=O) groups excluding carboxylic acids is 1. The largest absolute Gasteiger partial charge is 0.348 e. The molecule has 0 radical (unpaired) electrons. The molecule has 0 aromatic rings. The molecule has 3 nitrogen and oxygen atoms in total. The summed E-state index contributed by atoms with van der Waals surface area (Å²) in [5.74, 6) is -0.147. The van der Waals surface area contributed by atoms with Crippen molar-refractivity contribution in [2.24, 2.45) is 5.73 Å². The van der Waals surface area contributed by atoms with Crippen molar-refractivity contribution in [1.29, 1.82) is 0 Å². The van der Waals surface area contributed by atoms with Crippen LogP contribution in [0.15, 0.2) is 12.7 Å². The van der Waals surface area contributed by atoms with Gasteiger partial charge in [-0.1, -0.05) is 20.4 Å². The van der Waals surface area contributed by atoms with Crippen LogP contribution in [-0.2, 0) is 4.79 Å². The molecule has 0 aromatic carbocycles. The summed E-state index contributed by atoms with van der Waals surface area (Å²) in [5, 5.41) is 2.79. The summed E-state index contributed by atoms with van der Waals surface area (Å²) in [5.41, 5.74) is 5.78. The van der Waals surface area contributed by atoms with Gasteiger partial charge in [-0.3, -0.25) is 4.79 Å². The van der Waals surface area contributed by atoms with Gasteiger partial charge in [0.05, 0.1) is 0 Å². The second-order valence-corrected chi connectivity index (χ2v) is 2.80. The number of nitrogens with two attached hydrogens (primary N) is 1. The molecule has 0 rings (SSSR count). The van der Waals surface area contributed by atoms with Crippen molar-refractivity contribution in [2.75, 3.05) is 0 Å². The van der Waals surface area contributed by atoms with E-state index in [-0.39, 0.29) is 18.0 Å². The Bertz CT molecular complexity index is 157. The molecule has 1 amide bonds. The molecule has 0 spiro atoms. The fraction of sp³-hybridized carbons (Fsp3) is 0.667. The molecule has 70 valence electrons. The number of nitrogens with one attached hydrogen (secondary N) is 1. The van der Waals surface area contributed by atoms with Crippen LogP contribution in [0.5, 0.6) is 0 Å². The van der Waals surface area contributed by atoms with Crippen LogP contribution >= 0.6 is 0 Å². The zero-order valence-electron chi connectivity index (χ0n) is 7.84. The van der Waals surface area contributed by atoms with Crippen LogP contribution in [0.25, 0.3) is 0 Å². The predicted octanol–water partition coefficient (Wildman–Crippen LogP) is 0.804. The SMILES string of the molecule is C=CC(=O)N[C@@H](CC)[C@H](N)CC. The normalized spacial score (nSPS) is 14.9. The first-order chi connectivity index (χ1) is 5.65. The number of hydrogen-bond donors (Lipinski definition) is 2. The third-order valence-corrected chi connectivity index (χ3v) is 1.94. The van der Waals surface area contributed by atoms with Crippen LogP contribution in [0.3, 0.4) is 0 Å². The minimum atomic E-state index is -0.147. The van der Waals surface area contributed by atoms with Gasteiger partial charge in [-0.25, -0.2) is 0 Å². The lowest BCUT2D eigenvalue weighted by Crippen LogP contribution is -2.46. The predicted molar refractivity (Wildman–Crippen MR) is 50.7 cm³/mol. The molecular formula is C9H18N2O. The molecule has 0 heterocycles. The first-order valence-electron chi connectivity index (χ1n) is 4.34. The first-order valence-corrected chi connectivity index (χ1v) is 4.34. The van der Waals surface area contributed by atoms with Crippen molar-refractivity contribution < 1.29 is 4.79 Å². The van der Waals surface area contributed by atoms with E-state index in [4.69, 9.17) is 5.73 Å². The van der Waals surface area contributed by atoms with Gasteiger partial charge >= 0.3 is 0 Å². The molecule has 3 heteroatoms. The maximum atomic E-state index is 10.9. The lowest BCUT2D eigenvalue weighted by molar-refractivity contribution is -0.117. The molecule has 0 aromatic heterocycles. The van der Waals surface area contributed by atoms with Crippen molar-refractivity contribution in [2.45, 2.75) is 38.8 Å². The van der Waals surface area contributed by atoms with Crippen LogP contribution in [0, 0.1) is 0 Å². The molecule has 0 saturated heterocycles. The van der Waals surface area contributed by atoms with E-state index >= 15 is 0 Å². The Hall–Kier alpha value is -0.830. The van der Waals surface area contributed by atoms with E-state index in [1.165, 1.54) is 6.08 Å². The highest BCUT2D eigenvalue weighted by atomic mass is 16.1. The highest BCUT2D eigenvalue weighted by Crippen LogP contribution is 1.99. The third-order valence-electron chi connectivity index (χ3n) is 1.94. The van der Waals surface area contributed by atoms with Gasteiger partial charge in [0.15, 0.2) is 0 Å². The Morgan fingerprint density at radius 1 is 1.58 bits per heavy atom. The fourth-order valence-corrected chi connectivity index (χ4v) is 1.04. The zero-order valence-corrected chi connectivity index (χ0v) is 7.84. The Morgan fingerprint density at radius 2 is 2.17 bits per heavy atom. The zero-order chi connectivity index (χ0) is 9.56. The lowest BCUT2D eigenvalue weighted by atomic mass is 10.0. The summed E-state index contributed by atoms with van der Waals surface area (Å²) in [4.78, 5) is 10.9. The van der Waals surface area contributed by atoms with E-state index in [1.54, 1.807) is 0 Å². The minimum Gasteiger partial charge on any atom is -0.348 e. The Kier molecular flexibility index (Phi) is 5.37. The quantitative estimate of drug-likeness (QED) is 0.600. The van der Waals surface area contributed by atoms with Gasteiger partial charge in [-0.05, 0) is 18.9 Å². The van der Waals surface area contributed by atoms with Gasteiger partial charge in [0, 0.05) is 12.1 Å². The molecule has 2 atom stereocenters. The van der Waals surface area contributed by atoms with E-state index in [2.05, 4.69) is 11.9 Å². The molecule has 0 saturated carbocycles. The molecule has 3 N–H and O–H groups in total. The smallest absolute Gasteiger partial charge is 0.243 e. The van der Waals surface area contributed by atoms with Crippen LogP contribution in [0.2, 0.25) is 0 Å². The average molecular weight is 170 g/mol. The topological polar surface area (TPSA) is 55.1 Å². The Morgan fingerprint density at radius 3 is 2.50 bits per heavy atom. The minimum absolute atomic E-state index is 0.0406. The molecule has 0 aliphatic carbocycles. The van der Waals surface area contributed by atoms with Gasteiger partial charge < -0.3 is 11.1 Å². The number of amides is 1. The number of rotatable bonds is 5. The second-order valence-electron chi connectivity index (χ2n) is 2.80. The molecule has 0 bridgehead atoms. The monoisotopic (exact) mass is 170 g/mol. The van der Waals surface area contributed by atoms with E-state index in [1.807, 2.05) is 13.8 Å². The maximum Gasteiger partial charge on any atom is 0.243 e. The van der Waals surface area contributed by atoms with Gasteiger partial charge in [0.1, 0.15) is 0 Å².